The average Bonchev–Trinajstić information content (AvgIpc) is 3.35. The summed E-state index contributed by atoms with van der Waals surface area (Å²) in [6.45, 7) is 7.03. The molecule has 1 aliphatic carbocycles. The normalized spacial score (nSPS) is 17.6. The van der Waals surface area contributed by atoms with Gasteiger partial charge in [-0.15, -0.1) is 11.3 Å². The summed E-state index contributed by atoms with van der Waals surface area (Å²) in [6.07, 6.45) is 7.03. The molecule has 164 valence electrons. The van der Waals surface area contributed by atoms with Gasteiger partial charge in [-0.05, 0) is 59.9 Å². The summed E-state index contributed by atoms with van der Waals surface area (Å²) >= 11 is 1.48. The van der Waals surface area contributed by atoms with E-state index in [0.29, 0.717) is 28.0 Å². The van der Waals surface area contributed by atoms with Crippen molar-refractivity contribution in [3.63, 3.8) is 0 Å². The lowest BCUT2D eigenvalue weighted by Gasteiger charge is -2.36. The van der Waals surface area contributed by atoms with Crippen molar-refractivity contribution in [2.45, 2.75) is 46.5 Å². The van der Waals surface area contributed by atoms with E-state index in [0.717, 1.165) is 36.8 Å². The van der Waals surface area contributed by atoms with Gasteiger partial charge in [-0.25, -0.2) is 0 Å². The summed E-state index contributed by atoms with van der Waals surface area (Å²) in [4.78, 5) is 25.9. The Morgan fingerprint density at radius 2 is 2.06 bits per heavy atom. The smallest absolute Gasteiger partial charge is 0.251 e. The minimum absolute atomic E-state index is 0.207. The standard InChI is InChI=1S/C24H28N2O4S/c1-4-24(2,3)15-7-8-16-19(12-15)31-23(21(16)22(25)28)26-20(27)10-6-14-5-9-17-18(11-14)30-13-29-17/h5-6,9-11,15H,4,7-8,12-13H2,1-3H3,(H2,25,28)(H,26,27)/b10-6+/t15-/m0/s1. The Bertz CT molecular complexity index is 1050. The molecule has 4 rings (SSSR count). The fourth-order valence-electron chi connectivity index (χ4n) is 4.23. The van der Waals surface area contributed by atoms with Gasteiger partial charge in [-0.3, -0.25) is 9.59 Å². The van der Waals surface area contributed by atoms with E-state index in [9.17, 15) is 9.59 Å². The van der Waals surface area contributed by atoms with Crippen LogP contribution >= 0.6 is 11.3 Å². The molecule has 6 nitrogen and oxygen atoms in total. The molecule has 3 N–H and O–H groups in total. The van der Waals surface area contributed by atoms with Crippen molar-refractivity contribution < 1.29 is 19.1 Å². The number of carbonyl (C=O) groups excluding carboxylic acids is 2. The Morgan fingerprint density at radius 3 is 2.81 bits per heavy atom. The lowest BCUT2D eigenvalue weighted by atomic mass is 9.69. The van der Waals surface area contributed by atoms with Crippen molar-refractivity contribution in [1.82, 2.24) is 0 Å². The van der Waals surface area contributed by atoms with Crippen LogP contribution in [0.15, 0.2) is 24.3 Å². The van der Waals surface area contributed by atoms with Crippen molar-refractivity contribution in [3.8, 4) is 11.5 Å². The van der Waals surface area contributed by atoms with Gasteiger partial charge in [0.05, 0.1) is 5.56 Å². The molecule has 1 aliphatic heterocycles. The highest BCUT2D eigenvalue weighted by molar-refractivity contribution is 7.17. The van der Waals surface area contributed by atoms with Gasteiger partial charge in [0.2, 0.25) is 12.7 Å². The van der Waals surface area contributed by atoms with Gasteiger partial charge in [0, 0.05) is 11.0 Å². The van der Waals surface area contributed by atoms with Gasteiger partial charge in [0.25, 0.3) is 5.91 Å². The van der Waals surface area contributed by atoms with Gasteiger partial charge in [0.1, 0.15) is 5.00 Å². The lowest BCUT2D eigenvalue weighted by molar-refractivity contribution is -0.111. The van der Waals surface area contributed by atoms with E-state index in [2.05, 4.69) is 26.1 Å². The van der Waals surface area contributed by atoms with E-state index < -0.39 is 5.91 Å². The topological polar surface area (TPSA) is 90.7 Å². The van der Waals surface area contributed by atoms with Gasteiger partial charge < -0.3 is 20.5 Å². The Labute approximate surface area is 186 Å². The molecule has 0 bridgehead atoms. The predicted octanol–water partition coefficient (Wildman–Crippen LogP) is 4.77. The van der Waals surface area contributed by atoms with Crippen LogP contribution in [0.2, 0.25) is 0 Å². The number of benzene rings is 1. The summed E-state index contributed by atoms with van der Waals surface area (Å²) in [7, 11) is 0. The highest BCUT2D eigenvalue weighted by Gasteiger charge is 2.34. The molecule has 2 aromatic rings. The van der Waals surface area contributed by atoms with Crippen LogP contribution in [-0.4, -0.2) is 18.6 Å². The second-order valence-electron chi connectivity index (χ2n) is 8.79. The molecule has 1 atom stereocenters. The summed E-state index contributed by atoms with van der Waals surface area (Å²) in [5.41, 5.74) is 8.24. The number of hydrogen-bond acceptors (Lipinski definition) is 5. The number of fused-ring (bicyclic) bond motifs is 2. The number of carbonyl (C=O) groups is 2. The molecule has 7 heteroatoms. The van der Waals surface area contributed by atoms with Crippen LogP contribution in [0.5, 0.6) is 11.5 Å². The van der Waals surface area contributed by atoms with Crippen LogP contribution in [0.25, 0.3) is 6.08 Å². The molecule has 1 aromatic carbocycles. The number of amides is 2. The average molecular weight is 441 g/mol. The third kappa shape index (κ3) is 4.32. The number of hydrogen-bond donors (Lipinski definition) is 2. The van der Waals surface area contributed by atoms with Crippen molar-refractivity contribution in [2.75, 3.05) is 12.1 Å². The zero-order valence-electron chi connectivity index (χ0n) is 18.1. The van der Waals surface area contributed by atoms with Crippen LogP contribution < -0.4 is 20.5 Å². The third-order valence-electron chi connectivity index (χ3n) is 6.59. The molecule has 0 radical (unpaired) electrons. The zero-order chi connectivity index (χ0) is 22.2. The largest absolute Gasteiger partial charge is 0.454 e. The zero-order valence-corrected chi connectivity index (χ0v) is 18.9. The van der Waals surface area contributed by atoms with E-state index in [4.69, 9.17) is 15.2 Å². The predicted molar refractivity (Wildman–Crippen MR) is 123 cm³/mol. The first kappa shape index (κ1) is 21.4. The summed E-state index contributed by atoms with van der Waals surface area (Å²) in [6, 6.07) is 5.48. The van der Waals surface area contributed by atoms with Crippen LogP contribution in [0.3, 0.4) is 0 Å². The number of primary amides is 1. The number of rotatable bonds is 6. The summed E-state index contributed by atoms with van der Waals surface area (Å²) in [5.74, 6) is 1.12. The van der Waals surface area contributed by atoms with Crippen molar-refractivity contribution >= 4 is 34.2 Å². The Kier molecular flexibility index (Phi) is 5.79. The maximum Gasteiger partial charge on any atom is 0.251 e. The Morgan fingerprint density at radius 1 is 1.29 bits per heavy atom. The Hall–Kier alpha value is -2.80. The van der Waals surface area contributed by atoms with E-state index in [-0.39, 0.29) is 18.1 Å². The first-order valence-corrected chi connectivity index (χ1v) is 11.4. The Balaban J connectivity index is 1.52. The van der Waals surface area contributed by atoms with Crippen LogP contribution in [0, 0.1) is 11.3 Å². The first-order chi connectivity index (χ1) is 14.8. The highest BCUT2D eigenvalue weighted by Crippen LogP contribution is 2.45. The molecule has 0 fully saturated rings. The summed E-state index contributed by atoms with van der Waals surface area (Å²) < 4.78 is 10.7. The molecule has 1 aromatic heterocycles. The quantitative estimate of drug-likeness (QED) is 0.633. The van der Waals surface area contributed by atoms with E-state index in [1.165, 1.54) is 22.3 Å². The number of nitrogens with one attached hydrogen (secondary N) is 1. The third-order valence-corrected chi connectivity index (χ3v) is 7.76. The SMILES string of the molecule is CCC(C)(C)[C@H]1CCc2c(sc(NC(=O)/C=C/c3ccc4c(c3)OCO4)c2C(N)=O)C1. The van der Waals surface area contributed by atoms with E-state index in [1.54, 1.807) is 6.08 Å². The highest BCUT2D eigenvalue weighted by atomic mass is 32.1. The number of ether oxygens (including phenoxy) is 2. The second kappa shape index (κ2) is 8.38. The minimum atomic E-state index is -0.485. The maximum atomic E-state index is 12.6. The van der Waals surface area contributed by atoms with Gasteiger partial charge in [0.15, 0.2) is 11.5 Å². The molecule has 2 aliphatic rings. The van der Waals surface area contributed by atoms with E-state index >= 15 is 0 Å². The summed E-state index contributed by atoms with van der Waals surface area (Å²) in [5, 5.41) is 3.42. The van der Waals surface area contributed by atoms with Crippen LogP contribution in [0.1, 0.15) is 60.0 Å². The molecule has 2 amide bonds. The second-order valence-corrected chi connectivity index (χ2v) is 9.89. The molecule has 2 heterocycles. The van der Waals surface area contributed by atoms with E-state index in [1.807, 2.05) is 18.2 Å². The number of nitrogens with two attached hydrogens (primary N) is 1. The van der Waals surface area contributed by atoms with Crippen LogP contribution in [-0.2, 0) is 17.6 Å². The monoisotopic (exact) mass is 440 g/mol. The first-order valence-electron chi connectivity index (χ1n) is 10.6. The molecule has 0 unspecified atom stereocenters. The van der Waals surface area contributed by atoms with Gasteiger partial charge in [-0.1, -0.05) is 33.3 Å². The van der Waals surface area contributed by atoms with Crippen LogP contribution in [0.4, 0.5) is 5.00 Å². The van der Waals surface area contributed by atoms with Crippen molar-refractivity contribution in [2.24, 2.45) is 17.1 Å². The molecule has 0 saturated carbocycles. The molecule has 0 saturated heterocycles. The molecule has 31 heavy (non-hydrogen) atoms. The van der Waals surface area contributed by atoms with Gasteiger partial charge >= 0.3 is 0 Å². The van der Waals surface area contributed by atoms with Crippen molar-refractivity contribution in [3.05, 3.63) is 45.8 Å². The maximum absolute atomic E-state index is 12.6. The van der Waals surface area contributed by atoms with Crippen molar-refractivity contribution in [1.29, 1.82) is 0 Å². The molecular formula is C24H28N2O4S. The fraction of sp³-hybridized carbons (Fsp3) is 0.417. The number of thiophene rings is 1. The minimum Gasteiger partial charge on any atom is -0.454 e. The fourth-order valence-corrected chi connectivity index (χ4v) is 5.57. The number of anilines is 1. The van der Waals surface area contributed by atoms with Gasteiger partial charge in [-0.2, -0.15) is 0 Å². The molecule has 0 spiro atoms. The lowest BCUT2D eigenvalue weighted by Crippen LogP contribution is -2.29. The molecular weight excluding hydrogens is 412 g/mol.